The summed E-state index contributed by atoms with van der Waals surface area (Å²) in [5, 5.41) is 31.3. The van der Waals surface area contributed by atoms with Crippen LogP contribution in [0, 0.1) is 0 Å². The number of benzene rings is 3. The van der Waals surface area contributed by atoms with E-state index in [0.717, 1.165) is 38.3 Å². The number of tetrazole rings is 1. The van der Waals surface area contributed by atoms with Gasteiger partial charge in [0.05, 0.1) is 6.04 Å². The van der Waals surface area contributed by atoms with E-state index in [2.05, 4.69) is 21.0 Å². The van der Waals surface area contributed by atoms with Crippen LogP contribution < -0.4 is 5.48 Å². The van der Waals surface area contributed by atoms with Crippen molar-refractivity contribution in [1.29, 1.82) is 0 Å². The molecule has 0 bridgehead atoms. The zero-order valence-electron chi connectivity index (χ0n) is 24.9. The smallest absolute Gasteiger partial charge is 0.409 e. The van der Waals surface area contributed by atoms with Crippen molar-refractivity contribution in [2.45, 2.75) is 35.5 Å². The second-order valence-corrected chi connectivity index (χ2v) is 12.0. The van der Waals surface area contributed by atoms with Crippen LogP contribution >= 0.6 is 11.8 Å². The number of β-lactam (4-membered cyclic amide) rings is 1. The van der Waals surface area contributed by atoms with Crippen LogP contribution in [-0.4, -0.2) is 94.8 Å². The first-order valence-electron chi connectivity index (χ1n) is 14.7. The molecule has 4 aromatic rings. The van der Waals surface area contributed by atoms with Gasteiger partial charge in [0, 0.05) is 11.3 Å². The Labute approximate surface area is 276 Å². The highest BCUT2D eigenvalue weighted by molar-refractivity contribution is 7.99. The van der Waals surface area contributed by atoms with Crippen molar-refractivity contribution in [2.24, 2.45) is 0 Å². The first-order chi connectivity index (χ1) is 23.3. The number of hydrogen-bond donors (Lipinski definition) is 3. The van der Waals surface area contributed by atoms with Gasteiger partial charge in [0.2, 0.25) is 5.16 Å². The summed E-state index contributed by atoms with van der Waals surface area (Å²) in [6.45, 7) is -0.715. The maximum atomic E-state index is 13.4. The molecule has 1 aromatic heterocycles. The molecule has 0 aliphatic carbocycles. The van der Waals surface area contributed by atoms with Gasteiger partial charge in [0.1, 0.15) is 31.1 Å². The Hall–Kier alpha value is -5.58. The number of aromatic nitrogens is 4. The molecule has 3 aliphatic heterocycles. The Morgan fingerprint density at radius 3 is 2.06 bits per heavy atom. The van der Waals surface area contributed by atoms with Crippen molar-refractivity contribution >= 4 is 35.6 Å². The minimum atomic E-state index is -1.34. The van der Waals surface area contributed by atoms with Crippen molar-refractivity contribution in [1.82, 2.24) is 35.5 Å². The van der Waals surface area contributed by atoms with Crippen LogP contribution in [0.5, 0.6) is 0 Å². The van der Waals surface area contributed by atoms with Gasteiger partial charge >= 0.3 is 12.1 Å². The lowest BCUT2D eigenvalue weighted by molar-refractivity contribution is -0.182. The van der Waals surface area contributed by atoms with E-state index in [1.807, 2.05) is 91.0 Å². The lowest BCUT2D eigenvalue weighted by Gasteiger charge is -2.51. The van der Waals surface area contributed by atoms with Crippen LogP contribution in [0.3, 0.4) is 0 Å². The van der Waals surface area contributed by atoms with E-state index in [1.165, 1.54) is 4.68 Å². The summed E-state index contributed by atoms with van der Waals surface area (Å²) in [6.07, 6.45) is -2.15. The van der Waals surface area contributed by atoms with Gasteiger partial charge in [-0.2, -0.15) is 0 Å². The molecule has 48 heavy (non-hydrogen) atoms. The Bertz CT molecular complexity index is 1810. The number of rotatable bonds is 11. The van der Waals surface area contributed by atoms with Crippen molar-refractivity contribution in [2.75, 3.05) is 12.5 Å². The van der Waals surface area contributed by atoms with Gasteiger partial charge in [-0.3, -0.25) is 24.2 Å². The molecular formula is C32H27N7O8S. The molecule has 0 saturated carbocycles. The molecule has 0 radical (unpaired) electrons. The molecule has 3 atom stereocenters. The van der Waals surface area contributed by atoms with E-state index in [4.69, 9.17) is 9.57 Å². The molecule has 2 fully saturated rings. The predicted octanol–water partition coefficient (Wildman–Crippen LogP) is 2.07. The van der Waals surface area contributed by atoms with Gasteiger partial charge in [-0.05, 0) is 27.1 Å². The van der Waals surface area contributed by atoms with Crippen molar-refractivity contribution in [3.63, 3.8) is 0 Å². The molecule has 3 aliphatic rings. The van der Waals surface area contributed by atoms with Gasteiger partial charge in [0.15, 0.2) is 5.60 Å². The normalized spacial score (nSPS) is 19.9. The fourth-order valence-electron chi connectivity index (χ4n) is 6.41. The number of hydrogen-bond acceptors (Lipinski definition) is 10. The molecule has 16 heteroatoms. The number of carboxylic acid groups (broad SMARTS) is 2. The summed E-state index contributed by atoms with van der Waals surface area (Å²) in [5.41, 5.74) is 3.77. The average molecular weight is 670 g/mol. The van der Waals surface area contributed by atoms with Gasteiger partial charge in [-0.1, -0.05) is 103 Å². The third-order valence-electron chi connectivity index (χ3n) is 8.50. The van der Waals surface area contributed by atoms with Crippen molar-refractivity contribution in [3.05, 3.63) is 119 Å². The van der Waals surface area contributed by atoms with Gasteiger partial charge < -0.3 is 14.9 Å². The summed E-state index contributed by atoms with van der Waals surface area (Å²) >= 11 is 1.05. The first kappa shape index (κ1) is 31.0. The highest BCUT2D eigenvalue weighted by Crippen LogP contribution is 2.46. The Balaban J connectivity index is 1.09. The van der Waals surface area contributed by atoms with E-state index in [1.54, 1.807) is 0 Å². The van der Waals surface area contributed by atoms with Crippen LogP contribution in [-0.2, 0) is 36.1 Å². The largest absolute Gasteiger partial charge is 0.477 e. The number of nitrogens with one attached hydrogen (secondary N) is 1. The molecule has 3 N–H and O–H groups in total. The number of ether oxygens (including phenoxy) is 1. The summed E-state index contributed by atoms with van der Waals surface area (Å²) in [5.74, 6) is -2.52. The van der Waals surface area contributed by atoms with Gasteiger partial charge in [-0.25, -0.2) is 19.8 Å². The van der Waals surface area contributed by atoms with E-state index in [9.17, 15) is 29.4 Å². The molecule has 7 rings (SSSR count). The highest BCUT2D eigenvalue weighted by Gasteiger charge is 2.65. The molecule has 3 aromatic carbocycles. The van der Waals surface area contributed by atoms with Crippen molar-refractivity contribution < 1.29 is 39.0 Å². The van der Waals surface area contributed by atoms with E-state index >= 15 is 0 Å². The Kier molecular flexibility index (Phi) is 8.12. The van der Waals surface area contributed by atoms with E-state index in [-0.39, 0.29) is 29.9 Å². The highest BCUT2D eigenvalue weighted by atomic mass is 32.2. The minimum Gasteiger partial charge on any atom is -0.477 e. The SMILES string of the molecule is O=C(Cn1nnnc1SCC1=C(C(=O)O)N2C(=O)[C@@H]3[C@H]2C1OCN3C(=O)O)NOC(c1ccccc1)(c1ccccc1)c1ccccc1. The number of carboxylic acids is 1. The van der Waals surface area contributed by atoms with Crippen LogP contribution in [0.2, 0.25) is 0 Å². The van der Waals surface area contributed by atoms with Gasteiger partial charge in [0.25, 0.3) is 11.8 Å². The van der Waals surface area contributed by atoms with E-state index in [0.29, 0.717) is 5.57 Å². The monoisotopic (exact) mass is 669 g/mol. The molecular weight excluding hydrogens is 642 g/mol. The number of nitrogens with zero attached hydrogens (tertiary/aromatic N) is 6. The molecule has 244 valence electrons. The molecule has 1 unspecified atom stereocenters. The third kappa shape index (κ3) is 5.15. The van der Waals surface area contributed by atoms with Gasteiger partial charge in [-0.15, -0.1) is 5.10 Å². The molecule has 2 saturated heterocycles. The topological polar surface area (TPSA) is 189 Å². The fraction of sp³-hybridized carbons (Fsp3) is 0.219. The number of carbonyl (C=O) groups excluding carboxylic acids is 2. The van der Waals surface area contributed by atoms with E-state index < -0.39 is 47.7 Å². The summed E-state index contributed by atoms with van der Waals surface area (Å²) in [6, 6.07) is 26.7. The minimum absolute atomic E-state index is 0.00396. The summed E-state index contributed by atoms with van der Waals surface area (Å²) in [7, 11) is 0. The quantitative estimate of drug-likeness (QED) is 0.0914. The standard InChI is InChI=1S/C32H27N7O8S/c40-23(34-47-32(19-10-4-1-5-11-19,20-12-6-2-7-13-20)21-14-8-3-9-15-21)16-38-30(33-35-36-38)48-17-22-24(29(42)43)39-25-26(28(39)41)37(31(44)45)18-46-27(22)25/h1-15,25-27H,16-18H2,(H,34,40)(H,42,43)(H,44,45)/t25-,26-,27?/m0/s1. The molecule has 3 amide bonds. The number of amides is 3. The number of hydroxylamine groups is 1. The average Bonchev–Trinajstić information content (AvgIpc) is 3.69. The first-order valence-corrected chi connectivity index (χ1v) is 15.7. The van der Waals surface area contributed by atoms with Crippen LogP contribution in [0.1, 0.15) is 16.7 Å². The van der Waals surface area contributed by atoms with Crippen molar-refractivity contribution in [3.8, 4) is 0 Å². The maximum Gasteiger partial charge on any atom is 0.409 e. The number of carbonyl (C=O) groups is 4. The number of thioether (sulfide) groups is 1. The predicted molar refractivity (Wildman–Crippen MR) is 166 cm³/mol. The zero-order chi connectivity index (χ0) is 33.4. The molecule has 15 nitrogen and oxygen atoms in total. The Morgan fingerprint density at radius 1 is 0.938 bits per heavy atom. The van der Waals surface area contributed by atoms with Crippen LogP contribution in [0.25, 0.3) is 0 Å². The number of aliphatic carboxylic acids is 1. The summed E-state index contributed by atoms with van der Waals surface area (Å²) in [4.78, 5) is 58.4. The zero-order valence-corrected chi connectivity index (χ0v) is 25.8. The second-order valence-electron chi connectivity index (χ2n) is 11.1. The second kappa shape index (κ2) is 12.6. The summed E-state index contributed by atoms with van der Waals surface area (Å²) < 4.78 is 6.97. The fourth-order valence-corrected chi connectivity index (χ4v) is 7.34. The maximum absolute atomic E-state index is 13.4. The lowest BCUT2D eigenvalue weighted by atomic mass is 9.80. The lowest BCUT2D eigenvalue weighted by Crippen LogP contribution is -2.75. The van der Waals surface area contributed by atoms with Crippen LogP contribution in [0.15, 0.2) is 107 Å². The Morgan fingerprint density at radius 2 is 1.52 bits per heavy atom. The van der Waals surface area contributed by atoms with Crippen LogP contribution in [0.4, 0.5) is 4.79 Å². The third-order valence-corrected chi connectivity index (χ3v) is 9.50. The molecule has 0 spiro atoms. The molecule has 4 heterocycles.